The summed E-state index contributed by atoms with van der Waals surface area (Å²) in [6.45, 7) is 0. The number of hydrogen-bond donors (Lipinski definition) is 2. The summed E-state index contributed by atoms with van der Waals surface area (Å²) < 4.78 is 5.37. The van der Waals surface area contributed by atoms with E-state index in [1.807, 2.05) is 41.8 Å². The number of amides is 1. The molecule has 1 aromatic carbocycles. The maximum Gasteiger partial charge on any atom is 0.265 e. The van der Waals surface area contributed by atoms with Crippen molar-refractivity contribution in [2.75, 3.05) is 0 Å². The van der Waals surface area contributed by atoms with Gasteiger partial charge in [0.25, 0.3) is 5.91 Å². The molecule has 0 aliphatic rings. The number of furan rings is 1. The first-order valence-corrected chi connectivity index (χ1v) is 8.23. The Bertz CT molecular complexity index is 965. The zero-order chi connectivity index (χ0) is 16.4. The van der Waals surface area contributed by atoms with Crippen molar-refractivity contribution >= 4 is 40.1 Å². The summed E-state index contributed by atoms with van der Waals surface area (Å²) in [6, 6.07) is 15.0. The van der Waals surface area contributed by atoms with Gasteiger partial charge in [0, 0.05) is 6.08 Å². The quantitative estimate of drug-likeness (QED) is 0.588. The SMILES string of the molecule is O=C(N/C(=C\c1ccco1)c1nc2ccccc2[nH]1)c1cccs1. The molecule has 0 saturated heterocycles. The van der Waals surface area contributed by atoms with Crippen molar-refractivity contribution in [2.24, 2.45) is 0 Å². The molecule has 1 amide bonds. The molecule has 3 aromatic heterocycles. The molecule has 4 rings (SSSR count). The fourth-order valence-corrected chi connectivity index (χ4v) is 2.97. The average molecular weight is 335 g/mol. The van der Waals surface area contributed by atoms with Crippen LogP contribution in [0.15, 0.2) is 64.6 Å². The van der Waals surface area contributed by atoms with Crippen LogP contribution in [0.2, 0.25) is 0 Å². The second-order valence-corrected chi connectivity index (χ2v) is 6.06. The van der Waals surface area contributed by atoms with Gasteiger partial charge in [-0.3, -0.25) is 4.79 Å². The Morgan fingerprint density at radius 2 is 2.08 bits per heavy atom. The second kappa shape index (κ2) is 6.17. The van der Waals surface area contributed by atoms with Crippen LogP contribution in [0.25, 0.3) is 22.8 Å². The predicted octanol–water partition coefficient (Wildman–Crippen LogP) is 4.15. The minimum absolute atomic E-state index is 0.178. The minimum Gasteiger partial charge on any atom is -0.465 e. The van der Waals surface area contributed by atoms with Gasteiger partial charge in [0.15, 0.2) is 5.82 Å². The molecule has 0 aliphatic carbocycles. The van der Waals surface area contributed by atoms with Crippen LogP contribution in [-0.2, 0) is 0 Å². The maximum atomic E-state index is 12.4. The van der Waals surface area contributed by atoms with Crippen LogP contribution in [-0.4, -0.2) is 15.9 Å². The summed E-state index contributed by atoms with van der Waals surface area (Å²) in [4.78, 5) is 20.8. The number of nitrogens with one attached hydrogen (secondary N) is 2. The molecule has 0 radical (unpaired) electrons. The van der Waals surface area contributed by atoms with Gasteiger partial charge >= 0.3 is 0 Å². The molecule has 0 atom stereocenters. The van der Waals surface area contributed by atoms with Crippen molar-refractivity contribution < 1.29 is 9.21 Å². The number of para-hydroxylation sites is 2. The number of thiophene rings is 1. The van der Waals surface area contributed by atoms with Crippen LogP contribution < -0.4 is 5.32 Å². The minimum atomic E-state index is -0.178. The van der Waals surface area contributed by atoms with E-state index in [9.17, 15) is 4.79 Å². The van der Waals surface area contributed by atoms with E-state index in [-0.39, 0.29) is 5.91 Å². The van der Waals surface area contributed by atoms with Gasteiger partial charge in [0.05, 0.1) is 27.9 Å². The van der Waals surface area contributed by atoms with Crippen molar-refractivity contribution in [2.45, 2.75) is 0 Å². The molecule has 2 N–H and O–H groups in total. The van der Waals surface area contributed by atoms with Gasteiger partial charge in [-0.05, 0) is 35.7 Å². The Hall–Kier alpha value is -3.12. The third-order valence-corrected chi connectivity index (χ3v) is 4.34. The van der Waals surface area contributed by atoms with E-state index in [1.54, 1.807) is 24.5 Å². The number of imidazole rings is 1. The zero-order valence-electron chi connectivity index (χ0n) is 12.5. The summed E-state index contributed by atoms with van der Waals surface area (Å²) in [5.74, 6) is 1.04. The largest absolute Gasteiger partial charge is 0.465 e. The molecule has 24 heavy (non-hydrogen) atoms. The van der Waals surface area contributed by atoms with Crippen LogP contribution in [0.3, 0.4) is 0 Å². The molecule has 4 aromatic rings. The van der Waals surface area contributed by atoms with Crippen molar-refractivity contribution in [1.29, 1.82) is 0 Å². The van der Waals surface area contributed by atoms with Gasteiger partial charge in [-0.1, -0.05) is 18.2 Å². The van der Waals surface area contributed by atoms with E-state index in [1.165, 1.54) is 11.3 Å². The highest BCUT2D eigenvalue weighted by molar-refractivity contribution is 7.12. The number of fused-ring (bicyclic) bond motifs is 1. The zero-order valence-corrected chi connectivity index (χ0v) is 13.3. The predicted molar refractivity (Wildman–Crippen MR) is 94.5 cm³/mol. The highest BCUT2D eigenvalue weighted by atomic mass is 32.1. The summed E-state index contributed by atoms with van der Waals surface area (Å²) in [6.07, 6.45) is 3.34. The first-order valence-electron chi connectivity index (χ1n) is 7.35. The topological polar surface area (TPSA) is 70.9 Å². The Morgan fingerprint density at radius 1 is 1.17 bits per heavy atom. The number of nitrogens with zero attached hydrogens (tertiary/aromatic N) is 1. The molecular formula is C18H13N3O2S. The van der Waals surface area contributed by atoms with Crippen LogP contribution in [0, 0.1) is 0 Å². The highest BCUT2D eigenvalue weighted by Gasteiger charge is 2.14. The van der Waals surface area contributed by atoms with E-state index in [0.717, 1.165) is 11.0 Å². The van der Waals surface area contributed by atoms with Crippen LogP contribution in [0.5, 0.6) is 0 Å². The molecule has 0 bridgehead atoms. The lowest BCUT2D eigenvalue weighted by molar-refractivity contribution is 0.0977. The number of H-pyrrole nitrogens is 1. The summed E-state index contributed by atoms with van der Waals surface area (Å²) in [5.41, 5.74) is 2.30. The Morgan fingerprint density at radius 3 is 2.83 bits per heavy atom. The number of carbonyl (C=O) groups is 1. The summed E-state index contributed by atoms with van der Waals surface area (Å²) >= 11 is 1.39. The average Bonchev–Trinajstić information content (AvgIpc) is 3.34. The lowest BCUT2D eigenvalue weighted by Gasteiger charge is -2.06. The van der Waals surface area contributed by atoms with E-state index >= 15 is 0 Å². The normalized spacial score (nSPS) is 11.8. The van der Waals surface area contributed by atoms with Crippen molar-refractivity contribution in [3.8, 4) is 0 Å². The number of aromatic nitrogens is 2. The molecule has 5 nitrogen and oxygen atoms in total. The van der Waals surface area contributed by atoms with Crippen molar-refractivity contribution in [1.82, 2.24) is 15.3 Å². The number of aromatic amines is 1. The molecule has 0 fully saturated rings. The molecule has 6 heteroatoms. The van der Waals surface area contributed by atoms with Gasteiger partial charge in [-0.15, -0.1) is 11.3 Å². The van der Waals surface area contributed by atoms with E-state index in [0.29, 0.717) is 22.2 Å². The Kier molecular flexibility index (Phi) is 3.72. The van der Waals surface area contributed by atoms with Gasteiger partial charge in [-0.25, -0.2) is 4.98 Å². The molecule has 118 valence electrons. The van der Waals surface area contributed by atoms with E-state index < -0.39 is 0 Å². The van der Waals surface area contributed by atoms with E-state index in [4.69, 9.17) is 4.42 Å². The molecule has 0 aliphatic heterocycles. The monoisotopic (exact) mass is 335 g/mol. The fraction of sp³-hybridized carbons (Fsp3) is 0. The van der Waals surface area contributed by atoms with Crippen molar-refractivity contribution in [3.63, 3.8) is 0 Å². The third-order valence-electron chi connectivity index (χ3n) is 3.47. The van der Waals surface area contributed by atoms with Gasteiger partial charge in [0.2, 0.25) is 0 Å². The lowest BCUT2D eigenvalue weighted by Crippen LogP contribution is -2.21. The second-order valence-electron chi connectivity index (χ2n) is 5.11. The molecule has 3 heterocycles. The first-order chi connectivity index (χ1) is 11.8. The van der Waals surface area contributed by atoms with E-state index in [2.05, 4.69) is 15.3 Å². The van der Waals surface area contributed by atoms with Crippen LogP contribution >= 0.6 is 11.3 Å². The summed E-state index contributed by atoms with van der Waals surface area (Å²) in [7, 11) is 0. The highest BCUT2D eigenvalue weighted by Crippen LogP contribution is 2.19. The lowest BCUT2D eigenvalue weighted by atomic mass is 10.3. The number of carbonyl (C=O) groups excluding carboxylic acids is 1. The number of benzene rings is 1. The third kappa shape index (κ3) is 2.87. The first kappa shape index (κ1) is 14.5. The molecule has 0 saturated carbocycles. The molecule has 0 spiro atoms. The van der Waals surface area contributed by atoms with Crippen molar-refractivity contribution in [3.05, 3.63) is 76.6 Å². The standard InChI is InChI=1S/C18H13N3O2S/c22-18(16-8-4-10-24-16)21-15(11-12-5-3-9-23-12)17-19-13-6-1-2-7-14(13)20-17/h1-11H,(H,19,20)(H,21,22)/b15-11-. The van der Waals surface area contributed by atoms with Crippen LogP contribution in [0.4, 0.5) is 0 Å². The fourth-order valence-electron chi connectivity index (χ4n) is 2.35. The molecule has 0 unspecified atom stereocenters. The molecular weight excluding hydrogens is 322 g/mol. The van der Waals surface area contributed by atoms with Gasteiger partial charge < -0.3 is 14.7 Å². The Balaban J connectivity index is 1.74. The van der Waals surface area contributed by atoms with Gasteiger partial charge in [0.1, 0.15) is 5.76 Å². The van der Waals surface area contributed by atoms with Crippen LogP contribution in [0.1, 0.15) is 21.3 Å². The number of hydrogen-bond acceptors (Lipinski definition) is 4. The maximum absolute atomic E-state index is 12.4. The van der Waals surface area contributed by atoms with Gasteiger partial charge in [-0.2, -0.15) is 0 Å². The smallest absolute Gasteiger partial charge is 0.265 e. The summed E-state index contributed by atoms with van der Waals surface area (Å²) in [5, 5.41) is 4.78. The Labute approximate surface area is 141 Å². The number of rotatable bonds is 4.